The lowest BCUT2D eigenvalue weighted by atomic mass is 9.79. The number of carbonyl (C=O) groups is 2. The number of aliphatic hydroxyl groups is 4. The molecule has 0 amide bonds. The van der Waals surface area contributed by atoms with Gasteiger partial charge >= 0.3 is 0 Å². The number of nitrogen functional groups attached to an aromatic ring is 2. The summed E-state index contributed by atoms with van der Waals surface area (Å²) in [5.74, 6) is -1.38. The predicted octanol–water partition coefficient (Wildman–Crippen LogP) is 0.132. The molecule has 2 aliphatic rings. The van der Waals surface area contributed by atoms with Gasteiger partial charge < -0.3 is 62.3 Å². The second kappa shape index (κ2) is 15.9. The van der Waals surface area contributed by atoms with Gasteiger partial charge in [0.1, 0.15) is 52.8 Å². The number of nitrogens with one attached hydrogen (secondary N) is 1. The van der Waals surface area contributed by atoms with E-state index in [0.717, 1.165) is 5.56 Å². The number of pyridine rings is 2. The first-order valence-electron chi connectivity index (χ1n) is 17.4. The van der Waals surface area contributed by atoms with E-state index in [9.17, 15) is 35.1 Å². The summed E-state index contributed by atoms with van der Waals surface area (Å²) in [4.78, 5) is 40.7. The number of aromatic hydroxyl groups is 1. The van der Waals surface area contributed by atoms with Gasteiger partial charge in [0.2, 0.25) is 12.1 Å². The number of rotatable bonds is 12. The van der Waals surface area contributed by atoms with Crippen molar-refractivity contribution >= 4 is 29.2 Å². The lowest BCUT2D eigenvalue weighted by Gasteiger charge is -2.47. The Labute approximate surface area is 315 Å². The Hall–Kier alpha value is -5.85. The zero-order valence-electron chi connectivity index (χ0n) is 30.1. The van der Waals surface area contributed by atoms with Crippen molar-refractivity contribution in [2.75, 3.05) is 32.2 Å². The van der Waals surface area contributed by atoms with Crippen molar-refractivity contribution in [2.45, 2.75) is 62.4 Å². The van der Waals surface area contributed by atoms with E-state index < -0.39 is 54.1 Å². The number of guanidine groups is 1. The van der Waals surface area contributed by atoms with E-state index in [1.54, 1.807) is 30.5 Å². The summed E-state index contributed by atoms with van der Waals surface area (Å²) in [6, 6.07) is 10.9. The molecule has 5 unspecified atom stereocenters. The highest BCUT2D eigenvalue weighted by molar-refractivity contribution is 6.30. The van der Waals surface area contributed by atoms with Crippen molar-refractivity contribution < 1.29 is 49.3 Å². The van der Waals surface area contributed by atoms with E-state index in [0.29, 0.717) is 35.3 Å². The second-order valence-corrected chi connectivity index (χ2v) is 13.4. The lowest BCUT2D eigenvalue weighted by Crippen LogP contribution is -2.68. The van der Waals surface area contributed by atoms with E-state index in [-0.39, 0.29) is 64.9 Å². The Balaban J connectivity index is 1.35. The second-order valence-electron chi connectivity index (χ2n) is 13.4. The topological polar surface area (TPSA) is 291 Å². The highest BCUT2D eigenvalue weighted by Gasteiger charge is 2.55. The molecule has 6 rings (SSSR count). The summed E-state index contributed by atoms with van der Waals surface area (Å²) < 4.78 is 17.3. The molecule has 0 spiro atoms. The number of phenols is 1. The minimum Gasteiger partial charge on any atom is -0.507 e. The number of aliphatic hydroxyl groups excluding tert-OH is 3. The van der Waals surface area contributed by atoms with Crippen LogP contribution in [0.25, 0.3) is 0 Å². The third kappa shape index (κ3) is 7.60. The number of aromatic nitrogens is 2. The highest BCUT2D eigenvalue weighted by atomic mass is 16.7. The Morgan fingerprint density at radius 3 is 2.42 bits per heavy atom. The molecule has 1 aliphatic heterocycles. The molecule has 3 heterocycles. The van der Waals surface area contributed by atoms with Crippen molar-refractivity contribution in [3.63, 3.8) is 0 Å². The third-order valence-corrected chi connectivity index (χ3v) is 10.0. The molecule has 17 nitrogen and oxygen atoms in total. The number of anilines is 2. The molecule has 1 fully saturated rings. The average molecular weight is 758 g/mol. The predicted molar refractivity (Wildman–Crippen MR) is 199 cm³/mol. The number of hydrogen-bond acceptors (Lipinski definition) is 15. The Morgan fingerprint density at radius 2 is 1.75 bits per heavy atom. The number of phenolic OH excluding ortho intramolecular Hbond substituents is 1. The van der Waals surface area contributed by atoms with Crippen LogP contribution in [0.3, 0.4) is 0 Å². The van der Waals surface area contributed by atoms with Gasteiger partial charge in [0.25, 0.3) is 0 Å². The van der Waals surface area contributed by atoms with Crippen LogP contribution in [-0.4, -0.2) is 104 Å². The van der Waals surface area contributed by atoms with Crippen LogP contribution < -0.4 is 32.0 Å². The molecule has 290 valence electrons. The molecule has 12 N–H and O–H groups in total. The van der Waals surface area contributed by atoms with Crippen LogP contribution in [0.5, 0.6) is 17.2 Å². The van der Waals surface area contributed by atoms with E-state index in [1.807, 2.05) is 6.07 Å². The number of aliphatic imine (C=N–C) groups is 1. The van der Waals surface area contributed by atoms with Gasteiger partial charge in [0.05, 0.1) is 24.8 Å². The maximum absolute atomic E-state index is 14.5. The van der Waals surface area contributed by atoms with E-state index in [2.05, 4.69) is 20.3 Å². The van der Waals surface area contributed by atoms with Gasteiger partial charge in [0, 0.05) is 48.7 Å². The first kappa shape index (κ1) is 38.9. The summed E-state index contributed by atoms with van der Waals surface area (Å²) >= 11 is 0. The molecule has 0 radical (unpaired) electrons. The van der Waals surface area contributed by atoms with Crippen LogP contribution in [0.2, 0.25) is 0 Å². The van der Waals surface area contributed by atoms with Crippen LogP contribution in [0.1, 0.15) is 60.5 Å². The van der Waals surface area contributed by atoms with Crippen LogP contribution in [0, 0.1) is 0 Å². The Morgan fingerprint density at radius 1 is 0.982 bits per heavy atom. The van der Waals surface area contributed by atoms with Gasteiger partial charge in [-0.15, -0.1) is 0 Å². The number of hydrogen-bond donors (Lipinski definition) is 9. The lowest BCUT2D eigenvalue weighted by molar-refractivity contribution is -0.314. The number of methoxy groups -OCH3 is 1. The van der Waals surface area contributed by atoms with Crippen LogP contribution in [0.15, 0.2) is 59.9 Å². The number of ketones is 2. The van der Waals surface area contributed by atoms with Gasteiger partial charge in [-0.3, -0.25) is 14.6 Å². The van der Waals surface area contributed by atoms with Crippen molar-refractivity contribution in [1.29, 1.82) is 0 Å². The van der Waals surface area contributed by atoms with Gasteiger partial charge in [-0.2, -0.15) is 0 Å². The van der Waals surface area contributed by atoms with Gasteiger partial charge in [0.15, 0.2) is 11.7 Å². The molecule has 2 aromatic carbocycles. The van der Waals surface area contributed by atoms with Gasteiger partial charge in [-0.05, 0) is 72.7 Å². The number of ether oxygens (including phenoxy) is 3. The van der Waals surface area contributed by atoms with Crippen LogP contribution in [-0.2, 0) is 30.5 Å². The fraction of sp³-hybridized carbons (Fsp3) is 0.342. The standard InChI is InChI=1S/C38H43N7O10/c1-42-37(41)45-16-24-20(5-3-19-4-6-27(39)44-15-19)12-22-30(32(24)48)33(49)29-23(31(22)47)13-21(53-2)14-25(29)54-36-34(50)35(51)38(52,26(17-46)55-36)9-7-18-8-10-43-28(40)11-18/h4,6,8,10-15,26,34-36,46,48,50-52H,3,5,7,9,16-17H2,1-2H3,(H2,39,44)(H2,40,43)(H3,41,42,45). The van der Waals surface area contributed by atoms with Crippen LogP contribution >= 0.6 is 0 Å². The number of nitrogens with two attached hydrogens (primary N) is 3. The molecule has 0 saturated carbocycles. The average Bonchev–Trinajstić information content (AvgIpc) is 3.18. The zero-order chi connectivity index (χ0) is 39.6. The third-order valence-electron chi connectivity index (χ3n) is 10.0. The zero-order valence-corrected chi connectivity index (χ0v) is 30.1. The molecule has 1 aliphatic carbocycles. The summed E-state index contributed by atoms with van der Waals surface area (Å²) in [5, 5.41) is 59.0. The number of carbonyl (C=O) groups excluding carboxylic acids is 2. The van der Waals surface area contributed by atoms with Gasteiger partial charge in [-0.1, -0.05) is 6.07 Å². The first-order valence-corrected chi connectivity index (χ1v) is 17.4. The molecule has 4 aromatic rings. The SMILES string of the molecule is CN=C(N)NCc1c(CCc2ccc(N)nc2)cc2c(c1O)C(=O)c1c(OC3OC(CO)C(O)(CCc4ccnc(N)c4)C(O)C3O)cc(OC)cc1C2=O. The number of benzene rings is 2. The summed E-state index contributed by atoms with van der Waals surface area (Å²) in [7, 11) is 2.82. The monoisotopic (exact) mass is 757 g/mol. The summed E-state index contributed by atoms with van der Waals surface area (Å²) in [5.41, 5.74) is 16.9. The first-order chi connectivity index (χ1) is 26.3. The van der Waals surface area contributed by atoms with E-state index in [1.165, 1.54) is 32.5 Å². The Bertz CT molecular complexity index is 2130. The van der Waals surface area contributed by atoms with Crippen molar-refractivity contribution in [2.24, 2.45) is 10.7 Å². The number of nitrogens with zero attached hydrogens (tertiary/aromatic N) is 3. The van der Waals surface area contributed by atoms with Crippen molar-refractivity contribution in [1.82, 2.24) is 15.3 Å². The molecule has 17 heteroatoms. The van der Waals surface area contributed by atoms with Crippen LogP contribution in [0.4, 0.5) is 11.6 Å². The molecule has 1 saturated heterocycles. The van der Waals surface area contributed by atoms with E-state index >= 15 is 0 Å². The quantitative estimate of drug-likeness (QED) is 0.0604. The fourth-order valence-corrected chi connectivity index (χ4v) is 6.92. The number of fused-ring (bicyclic) bond motifs is 2. The Kier molecular flexibility index (Phi) is 11.2. The van der Waals surface area contributed by atoms with Crippen molar-refractivity contribution in [3.8, 4) is 17.2 Å². The minimum atomic E-state index is -2.14. The molecule has 2 aromatic heterocycles. The fourth-order valence-electron chi connectivity index (χ4n) is 6.92. The largest absolute Gasteiger partial charge is 0.507 e. The molecular formula is C38H43N7O10. The van der Waals surface area contributed by atoms with Crippen molar-refractivity contribution in [3.05, 3.63) is 99.4 Å². The maximum atomic E-state index is 14.5. The van der Waals surface area contributed by atoms with Gasteiger partial charge in [-0.25, -0.2) is 9.97 Å². The molecule has 55 heavy (non-hydrogen) atoms. The molecule has 5 atom stereocenters. The smallest absolute Gasteiger partial charge is 0.229 e. The summed E-state index contributed by atoms with van der Waals surface area (Å²) in [6.07, 6.45) is -3.10. The van der Waals surface area contributed by atoms with E-state index in [4.69, 9.17) is 31.4 Å². The maximum Gasteiger partial charge on any atom is 0.229 e. The molecular weight excluding hydrogens is 714 g/mol. The minimum absolute atomic E-state index is 0.0437. The number of aryl methyl sites for hydroxylation is 3. The molecule has 0 bridgehead atoms. The highest BCUT2D eigenvalue weighted by Crippen LogP contribution is 2.43. The normalized spacial score (nSPS) is 22.2. The summed E-state index contributed by atoms with van der Waals surface area (Å²) in [6.45, 7) is -0.827.